The smallest absolute Gasteiger partial charge is 0.338 e. The van der Waals surface area contributed by atoms with Gasteiger partial charge in [-0.3, -0.25) is 0 Å². The predicted molar refractivity (Wildman–Crippen MR) is 51.4 cm³/mol. The van der Waals surface area contributed by atoms with Gasteiger partial charge >= 0.3 is 5.97 Å². The number of aliphatic carboxylic acids is 1. The van der Waals surface area contributed by atoms with Crippen LogP contribution in [0.25, 0.3) is 0 Å². The second kappa shape index (κ2) is 4.95. The molecule has 0 fully saturated rings. The highest BCUT2D eigenvalue weighted by molar-refractivity contribution is 5.77. The summed E-state index contributed by atoms with van der Waals surface area (Å²) in [5.41, 5.74) is -1.35. The van der Waals surface area contributed by atoms with Crippen LogP contribution in [0, 0.1) is 0 Å². The molecule has 1 aromatic heterocycles. The zero-order valence-electron chi connectivity index (χ0n) is 8.73. The van der Waals surface area contributed by atoms with Gasteiger partial charge < -0.3 is 19.0 Å². The Bertz CT molecular complexity index is 306. The number of furan rings is 1. The van der Waals surface area contributed by atoms with E-state index in [0.717, 1.165) is 0 Å². The lowest BCUT2D eigenvalue weighted by molar-refractivity contribution is -0.173. The van der Waals surface area contributed by atoms with Crippen molar-refractivity contribution in [2.45, 2.75) is 19.1 Å². The van der Waals surface area contributed by atoms with Gasteiger partial charge in [0.05, 0.1) is 12.9 Å². The van der Waals surface area contributed by atoms with Crippen molar-refractivity contribution in [2.75, 3.05) is 13.7 Å². The fourth-order valence-electron chi connectivity index (χ4n) is 1.07. The first kappa shape index (κ1) is 11.7. The second-order valence-corrected chi connectivity index (χ2v) is 3.34. The molecule has 0 aromatic carbocycles. The van der Waals surface area contributed by atoms with Crippen LogP contribution < -0.4 is 0 Å². The molecule has 0 amide bonds. The molecular formula is C10H14O5. The highest BCUT2D eigenvalue weighted by atomic mass is 16.6. The SMILES string of the molecule is COCC(C)(OCc1ccco1)C(=O)O. The molecular weight excluding hydrogens is 200 g/mol. The lowest BCUT2D eigenvalue weighted by atomic mass is 10.1. The van der Waals surface area contributed by atoms with Gasteiger partial charge in [0, 0.05) is 7.11 Å². The number of carboxylic acids is 1. The number of carbonyl (C=O) groups is 1. The van der Waals surface area contributed by atoms with E-state index in [-0.39, 0.29) is 13.2 Å². The average molecular weight is 214 g/mol. The summed E-state index contributed by atoms with van der Waals surface area (Å²) in [5, 5.41) is 8.96. The van der Waals surface area contributed by atoms with Crippen molar-refractivity contribution in [1.29, 1.82) is 0 Å². The van der Waals surface area contributed by atoms with Crippen molar-refractivity contribution < 1.29 is 23.8 Å². The molecule has 1 unspecified atom stereocenters. The minimum Gasteiger partial charge on any atom is -0.479 e. The van der Waals surface area contributed by atoms with E-state index in [0.29, 0.717) is 5.76 Å². The molecule has 0 aliphatic heterocycles. The van der Waals surface area contributed by atoms with Gasteiger partial charge in [-0.05, 0) is 19.1 Å². The summed E-state index contributed by atoms with van der Waals surface area (Å²) in [6.07, 6.45) is 1.51. The van der Waals surface area contributed by atoms with E-state index in [4.69, 9.17) is 19.0 Å². The maximum atomic E-state index is 10.9. The Kier molecular flexibility index (Phi) is 3.88. The number of hydrogen-bond acceptors (Lipinski definition) is 4. The number of ether oxygens (including phenoxy) is 2. The van der Waals surface area contributed by atoms with Crippen molar-refractivity contribution in [3.8, 4) is 0 Å². The van der Waals surface area contributed by atoms with Gasteiger partial charge in [-0.25, -0.2) is 4.79 Å². The largest absolute Gasteiger partial charge is 0.479 e. The minimum atomic E-state index is -1.35. The molecule has 0 saturated heterocycles. The summed E-state index contributed by atoms with van der Waals surface area (Å²) in [6, 6.07) is 3.43. The van der Waals surface area contributed by atoms with Crippen molar-refractivity contribution in [3.05, 3.63) is 24.2 Å². The van der Waals surface area contributed by atoms with Crippen LogP contribution in [0.15, 0.2) is 22.8 Å². The fourth-order valence-corrected chi connectivity index (χ4v) is 1.07. The number of rotatable bonds is 6. The van der Waals surface area contributed by atoms with Gasteiger partial charge in [0.15, 0.2) is 5.60 Å². The Morgan fingerprint density at radius 1 is 1.67 bits per heavy atom. The van der Waals surface area contributed by atoms with E-state index in [2.05, 4.69) is 0 Å². The van der Waals surface area contributed by atoms with Crippen LogP contribution >= 0.6 is 0 Å². The van der Waals surface area contributed by atoms with E-state index in [1.807, 2.05) is 0 Å². The Morgan fingerprint density at radius 3 is 2.87 bits per heavy atom. The quantitative estimate of drug-likeness (QED) is 0.772. The average Bonchev–Trinajstić information content (AvgIpc) is 2.67. The van der Waals surface area contributed by atoms with E-state index in [9.17, 15) is 4.79 Å². The van der Waals surface area contributed by atoms with Crippen LogP contribution in [0.5, 0.6) is 0 Å². The lowest BCUT2D eigenvalue weighted by Crippen LogP contribution is -2.42. The maximum absolute atomic E-state index is 10.9. The first-order valence-corrected chi connectivity index (χ1v) is 4.47. The molecule has 1 heterocycles. The van der Waals surface area contributed by atoms with Crippen molar-refractivity contribution >= 4 is 5.97 Å². The molecule has 0 aliphatic carbocycles. The zero-order valence-corrected chi connectivity index (χ0v) is 8.73. The van der Waals surface area contributed by atoms with Gasteiger partial charge in [0.1, 0.15) is 12.4 Å². The van der Waals surface area contributed by atoms with E-state index in [1.165, 1.54) is 20.3 Å². The Hall–Kier alpha value is -1.33. The summed E-state index contributed by atoms with van der Waals surface area (Å²) in [7, 11) is 1.43. The highest BCUT2D eigenvalue weighted by Gasteiger charge is 2.34. The van der Waals surface area contributed by atoms with Crippen LogP contribution in [-0.2, 0) is 20.9 Å². The standard InChI is InChI=1S/C10H14O5/c1-10(7-13-2,9(11)12)15-6-8-4-3-5-14-8/h3-5H,6-7H2,1-2H3,(H,11,12). The molecule has 0 spiro atoms. The van der Waals surface area contributed by atoms with Crippen LogP contribution in [0.4, 0.5) is 0 Å². The first-order valence-electron chi connectivity index (χ1n) is 4.47. The second-order valence-electron chi connectivity index (χ2n) is 3.34. The van der Waals surface area contributed by atoms with Crippen LogP contribution in [0.1, 0.15) is 12.7 Å². The van der Waals surface area contributed by atoms with Crippen molar-refractivity contribution in [2.24, 2.45) is 0 Å². The molecule has 1 aromatic rings. The minimum absolute atomic E-state index is 0.0109. The number of hydrogen-bond donors (Lipinski definition) is 1. The molecule has 5 nitrogen and oxygen atoms in total. The summed E-state index contributed by atoms with van der Waals surface area (Å²) >= 11 is 0. The molecule has 0 bridgehead atoms. The molecule has 1 atom stereocenters. The number of carboxylic acid groups (broad SMARTS) is 1. The molecule has 0 radical (unpaired) electrons. The summed E-state index contributed by atoms with van der Waals surface area (Å²) in [4.78, 5) is 10.9. The zero-order chi connectivity index (χ0) is 11.3. The summed E-state index contributed by atoms with van der Waals surface area (Å²) in [6.45, 7) is 1.56. The molecule has 1 N–H and O–H groups in total. The van der Waals surface area contributed by atoms with Gasteiger partial charge in [-0.1, -0.05) is 0 Å². The molecule has 5 heteroatoms. The summed E-state index contributed by atoms with van der Waals surface area (Å²) < 4.78 is 15.1. The molecule has 15 heavy (non-hydrogen) atoms. The van der Waals surface area contributed by atoms with Crippen molar-refractivity contribution in [3.63, 3.8) is 0 Å². The van der Waals surface area contributed by atoms with E-state index < -0.39 is 11.6 Å². The molecule has 0 aliphatic rings. The molecule has 0 saturated carbocycles. The number of methoxy groups -OCH3 is 1. The Labute approximate surface area is 87.6 Å². The topological polar surface area (TPSA) is 68.9 Å². The van der Waals surface area contributed by atoms with E-state index >= 15 is 0 Å². The first-order chi connectivity index (χ1) is 7.08. The van der Waals surface area contributed by atoms with Crippen molar-refractivity contribution in [1.82, 2.24) is 0 Å². The summed E-state index contributed by atoms with van der Waals surface area (Å²) in [5.74, 6) is -0.477. The fraction of sp³-hybridized carbons (Fsp3) is 0.500. The Morgan fingerprint density at radius 2 is 2.40 bits per heavy atom. The van der Waals surface area contributed by atoms with Gasteiger partial charge in [-0.15, -0.1) is 0 Å². The molecule has 84 valence electrons. The van der Waals surface area contributed by atoms with E-state index in [1.54, 1.807) is 12.1 Å². The van der Waals surface area contributed by atoms with Gasteiger partial charge in [0.25, 0.3) is 0 Å². The van der Waals surface area contributed by atoms with Crippen LogP contribution in [-0.4, -0.2) is 30.4 Å². The van der Waals surface area contributed by atoms with Crippen LogP contribution in [0.3, 0.4) is 0 Å². The Balaban J connectivity index is 2.56. The predicted octanol–water partition coefficient (Wildman–Crippen LogP) is 1.29. The van der Waals surface area contributed by atoms with Gasteiger partial charge in [-0.2, -0.15) is 0 Å². The maximum Gasteiger partial charge on any atom is 0.338 e. The third kappa shape index (κ3) is 3.07. The monoisotopic (exact) mass is 214 g/mol. The highest BCUT2D eigenvalue weighted by Crippen LogP contribution is 2.14. The molecule has 1 rings (SSSR count). The lowest BCUT2D eigenvalue weighted by Gasteiger charge is -2.23. The van der Waals surface area contributed by atoms with Gasteiger partial charge in [0.2, 0.25) is 0 Å². The normalized spacial score (nSPS) is 14.8. The van der Waals surface area contributed by atoms with Crippen LogP contribution in [0.2, 0.25) is 0 Å². The third-order valence-electron chi connectivity index (χ3n) is 1.99. The third-order valence-corrected chi connectivity index (χ3v) is 1.99.